The standard InChI is InChI=1S/C34H36N4/c1-7-33-20-34(33,8-2)32-37(25-17-21(3)16-22(4)18-25)30-31(38(32)28-15-10-9-14-26(28)33)36-27(19-35-30)29-23(5)12-11-13-24(29)6/h9-19,32H,7-8,20H2,1-6H3. The zero-order chi connectivity index (χ0) is 26.4. The van der Waals surface area contributed by atoms with E-state index in [-0.39, 0.29) is 17.0 Å². The van der Waals surface area contributed by atoms with Crippen molar-refractivity contribution in [1.29, 1.82) is 0 Å². The van der Waals surface area contributed by atoms with Crippen molar-refractivity contribution in [3.8, 4) is 11.3 Å². The molecule has 4 heteroatoms. The molecule has 3 heterocycles. The average Bonchev–Trinajstić information content (AvgIpc) is 3.49. The normalized spacial score (nSPS) is 24.5. The third-order valence-electron chi connectivity index (χ3n) is 9.76. The summed E-state index contributed by atoms with van der Waals surface area (Å²) in [6.07, 6.45) is 5.60. The molecule has 4 aromatic rings. The van der Waals surface area contributed by atoms with Crippen LogP contribution >= 0.6 is 0 Å². The molecule has 0 saturated heterocycles. The Kier molecular flexibility index (Phi) is 4.89. The second kappa shape index (κ2) is 7.92. The summed E-state index contributed by atoms with van der Waals surface area (Å²) >= 11 is 0. The Hall–Kier alpha value is -3.66. The molecule has 0 amide bonds. The number of anilines is 4. The lowest BCUT2D eigenvalue weighted by atomic mass is 9.76. The molecule has 3 aliphatic rings. The zero-order valence-corrected chi connectivity index (χ0v) is 23.3. The van der Waals surface area contributed by atoms with Crippen molar-refractivity contribution in [3.63, 3.8) is 0 Å². The fourth-order valence-corrected chi connectivity index (χ4v) is 8.08. The van der Waals surface area contributed by atoms with Gasteiger partial charge in [-0.3, -0.25) is 0 Å². The summed E-state index contributed by atoms with van der Waals surface area (Å²) < 4.78 is 0. The van der Waals surface area contributed by atoms with Gasteiger partial charge in [-0.25, -0.2) is 9.97 Å². The van der Waals surface area contributed by atoms with Crippen LogP contribution in [0.25, 0.3) is 11.3 Å². The third kappa shape index (κ3) is 2.86. The van der Waals surface area contributed by atoms with Crippen LogP contribution in [-0.4, -0.2) is 16.1 Å². The molecule has 0 N–H and O–H groups in total. The molecule has 3 unspecified atom stereocenters. The molecule has 7 rings (SSSR count). The lowest BCUT2D eigenvalue weighted by molar-refractivity contribution is 0.311. The van der Waals surface area contributed by atoms with Crippen LogP contribution < -0.4 is 9.80 Å². The number of aromatic nitrogens is 2. The number of rotatable bonds is 4. The molecule has 38 heavy (non-hydrogen) atoms. The van der Waals surface area contributed by atoms with E-state index in [2.05, 4.69) is 112 Å². The van der Waals surface area contributed by atoms with Crippen molar-refractivity contribution >= 4 is 23.0 Å². The summed E-state index contributed by atoms with van der Waals surface area (Å²) in [5.74, 6) is 1.95. The third-order valence-corrected chi connectivity index (χ3v) is 9.76. The van der Waals surface area contributed by atoms with E-state index in [9.17, 15) is 0 Å². The van der Waals surface area contributed by atoms with Crippen molar-refractivity contribution in [2.24, 2.45) is 5.41 Å². The smallest absolute Gasteiger partial charge is 0.179 e. The first-order valence-corrected chi connectivity index (χ1v) is 14.0. The molecule has 1 aromatic heterocycles. The fraction of sp³-hybridized carbons (Fsp3) is 0.353. The lowest BCUT2D eigenvalue weighted by Gasteiger charge is -2.46. The molecule has 192 valence electrons. The maximum Gasteiger partial charge on any atom is 0.179 e. The van der Waals surface area contributed by atoms with Gasteiger partial charge in [0, 0.05) is 27.8 Å². The van der Waals surface area contributed by atoms with E-state index in [4.69, 9.17) is 9.97 Å². The lowest BCUT2D eigenvalue weighted by Crippen LogP contribution is -2.51. The minimum absolute atomic E-state index is 0.134. The van der Waals surface area contributed by atoms with Crippen LogP contribution in [0.1, 0.15) is 60.9 Å². The highest BCUT2D eigenvalue weighted by Gasteiger charge is 2.76. The second-order valence-electron chi connectivity index (χ2n) is 11.8. The molecule has 2 aliphatic heterocycles. The number of aryl methyl sites for hydroxylation is 4. The van der Waals surface area contributed by atoms with Crippen molar-refractivity contribution < 1.29 is 0 Å². The van der Waals surface area contributed by atoms with Crippen LogP contribution in [0.15, 0.2) is 66.9 Å². The van der Waals surface area contributed by atoms with Crippen LogP contribution in [-0.2, 0) is 5.41 Å². The molecule has 4 nitrogen and oxygen atoms in total. The average molecular weight is 501 g/mol. The number of fused-ring (bicyclic) bond motifs is 8. The summed E-state index contributed by atoms with van der Waals surface area (Å²) in [4.78, 5) is 15.7. The first-order chi connectivity index (χ1) is 18.3. The maximum atomic E-state index is 5.44. The van der Waals surface area contributed by atoms with E-state index in [1.165, 1.54) is 51.2 Å². The van der Waals surface area contributed by atoms with Gasteiger partial charge in [-0.15, -0.1) is 0 Å². The van der Waals surface area contributed by atoms with Gasteiger partial charge in [-0.2, -0.15) is 0 Å². The van der Waals surface area contributed by atoms with Crippen LogP contribution in [0.5, 0.6) is 0 Å². The second-order valence-corrected chi connectivity index (χ2v) is 11.8. The zero-order valence-electron chi connectivity index (χ0n) is 23.3. The van der Waals surface area contributed by atoms with Crippen molar-refractivity contribution in [1.82, 2.24) is 9.97 Å². The minimum Gasteiger partial charge on any atom is -0.301 e. The molecule has 3 atom stereocenters. The quantitative estimate of drug-likeness (QED) is 0.281. The van der Waals surface area contributed by atoms with Gasteiger partial charge in [0.15, 0.2) is 11.6 Å². The largest absolute Gasteiger partial charge is 0.301 e. The van der Waals surface area contributed by atoms with Gasteiger partial charge >= 0.3 is 0 Å². The predicted octanol–water partition coefficient (Wildman–Crippen LogP) is 8.45. The van der Waals surface area contributed by atoms with E-state index >= 15 is 0 Å². The summed E-state index contributed by atoms with van der Waals surface area (Å²) in [5.41, 5.74) is 11.5. The van der Waals surface area contributed by atoms with E-state index in [0.717, 1.165) is 30.2 Å². The first kappa shape index (κ1) is 23.5. The van der Waals surface area contributed by atoms with E-state index in [0.29, 0.717) is 0 Å². The molecular weight excluding hydrogens is 464 g/mol. The Morgan fingerprint density at radius 1 is 0.816 bits per heavy atom. The Morgan fingerprint density at radius 2 is 1.53 bits per heavy atom. The van der Waals surface area contributed by atoms with E-state index in [1.807, 2.05) is 6.20 Å². The monoisotopic (exact) mass is 500 g/mol. The Balaban J connectivity index is 1.53. The van der Waals surface area contributed by atoms with Gasteiger partial charge in [-0.05, 0) is 93.0 Å². The van der Waals surface area contributed by atoms with Gasteiger partial charge in [-0.1, -0.05) is 56.3 Å². The number of hydrogen-bond donors (Lipinski definition) is 0. The summed E-state index contributed by atoms with van der Waals surface area (Å²) in [7, 11) is 0. The highest BCUT2D eigenvalue weighted by molar-refractivity contribution is 5.89. The summed E-state index contributed by atoms with van der Waals surface area (Å²) in [6.45, 7) is 13.5. The molecule has 1 fully saturated rings. The summed E-state index contributed by atoms with van der Waals surface area (Å²) in [5, 5.41) is 0. The number of nitrogens with zero attached hydrogens (tertiary/aromatic N) is 4. The van der Waals surface area contributed by atoms with E-state index < -0.39 is 0 Å². The molecule has 0 spiro atoms. The van der Waals surface area contributed by atoms with Crippen molar-refractivity contribution in [2.45, 2.75) is 72.4 Å². The molecule has 0 radical (unpaired) electrons. The van der Waals surface area contributed by atoms with Crippen LogP contribution in [0.2, 0.25) is 0 Å². The number of benzene rings is 3. The molecule has 3 aromatic carbocycles. The molecular formula is C34H36N4. The van der Waals surface area contributed by atoms with Crippen LogP contribution in [0, 0.1) is 33.1 Å². The Bertz CT molecular complexity index is 1570. The molecule has 0 bridgehead atoms. The van der Waals surface area contributed by atoms with Gasteiger partial charge in [0.25, 0.3) is 0 Å². The highest BCUT2D eigenvalue weighted by Crippen LogP contribution is 2.77. The van der Waals surface area contributed by atoms with Gasteiger partial charge in [0.1, 0.15) is 6.17 Å². The maximum absolute atomic E-state index is 5.44. The van der Waals surface area contributed by atoms with Crippen LogP contribution in [0.4, 0.5) is 23.0 Å². The highest BCUT2D eigenvalue weighted by atomic mass is 15.5. The van der Waals surface area contributed by atoms with Gasteiger partial charge in [0.05, 0.1) is 11.9 Å². The first-order valence-electron chi connectivity index (χ1n) is 14.0. The van der Waals surface area contributed by atoms with Gasteiger partial charge in [0.2, 0.25) is 0 Å². The number of para-hydroxylation sites is 1. The van der Waals surface area contributed by atoms with Crippen molar-refractivity contribution in [3.05, 3.63) is 94.7 Å². The Morgan fingerprint density at radius 3 is 2.21 bits per heavy atom. The number of hydrogen-bond acceptors (Lipinski definition) is 4. The fourth-order valence-electron chi connectivity index (χ4n) is 8.08. The Labute approximate surface area is 226 Å². The predicted molar refractivity (Wildman–Crippen MR) is 157 cm³/mol. The van der Waals surface area contributed by atoms with E-state index in [1.54, 1.807) is 0 Å². The summed E-state index contributed by atoms with van der Waals surface area (Å²) in [6, 6.07) is 22.4. The van der Waals surface area contributed by atoms with Crippen LogP contribution in [0.3, 0.4) is 0 Å². The molecule has 1 aliphatic carbocycles. The topological polar surface area (TPSA) is 32.3 Å². The van der Waals surface area contributed by atoms with Crippen molar-refractivity contribution in [2.75, 3.05) is 9.80 Å². The minimum atomic E-state index is 0.134. The SMILES string of the molecule is CCC12CC1(CC)C1N(c3cc(C)cc(C)c3)c3ncc(-c4c(C)cccc4C)nc3N1c1ccccc12. The van der Waals surface area contributed by atoms with Gasteiger partial charge < -0.3 is 9.80 Å². The molecule has 1 saturated carbocycles.